The molecule has 2 nitrogen and oxygen atoms in total. The molecule has 0 spiro atoms. The molecule has 0 saturated heterocycles. The molecule has 0 saturated carbocycles. The van der Waals surface area contributed by atoms with E-state index in [-0.39, 0.29) is 5.82 Å². The Morgan fingerprint density at radius 3 is 2.40 bits per heavy atom. The molecule has 0 aliphatic rings. The van der Waals surface area contributed by atoms with Gasteiger partial charge in [-0.15, -0.1) is 0 Å². The van der Waals surface area contributed by atoms with E-state index in [1.165, 1.54) is 6.07 Å². The van der Waals surface area contributed by atoms with Crippen LogP contribution in [0.4, 0.5) is 4.39 Å². The first-order valence-corrected chi connectivity index (χ1v) is 5.41. The third-order valence-electron chi connectivity index (χ3n) is 2.68. The number of halogens is 1. The smallest absolute Gasteiger partial charge is 0.123 e. The molecule has 0 amide bonds. The number of nitrogens with two attached hydrogens (primary N) is 1. The number of hydrogen-bond donors (Lipinski definition) is 1. The van der Waals surface area contributed by atoms with Gasteiger partial charge in [0.05, 0.1) is 0 Å². The number of nitrogens with zero attached hydrogens (tertiary/aromatic N) is 1. The number of hydrogen-bond acceptors (Lipinski definition) is 2. The van der Waals surface area contributed by atoms with Crippen LogP contribution in [-0.2, 0) is 13.1 Å². The van der Waals surface area contributed by atoms with Crippen molar-refractivity contribution in [3.05, 3.63) is 35.1 Å². The van der Waals surface area contributed by atoms with Crippen molar-refractivity contribution in [2.75, 3.05) is 13.1 Å². The first-order valence-electron chi connectivity index (χ1n) is 5.41. The molecule has 0 unspecified atom stereocenters. The zero-order valence-corrected chi connectivity index (χ0v) is 9.46. The standard InChI is InChI=1S/C12H19FN2/c1-3-15(4-2)9-11-7-12(13)6-5-10(11)8-14/h5-7H,3-4,8-9,14H2,1-2H3. The summed E-state index contributed by atoms with van der Waals surface area (Å²) >= 11 is 0. The average molecular weight is 210 g/mol. The molecular weight excluding hydrogens is 191 g/mol. The minimum atomic E-state index is -0.186. The summed E-state index contributed by atoms with van der Waals surface area (Å²) in [7, 11) is 0. The molecule has 84 valence electrons. The van der Waals surface area contributed by atoms with E-state index < -0.39 is 0 Å². The summed E-state index contributed by atoms with van der Waals surface area (Å²) in [5.41, 5.74) is 7.65. The van der Waals surface area contributed by atoms with Crippen LogP contribution in [0.3, 0.4) is 0 Å². The Morgan fingerprint density at radius 1 is 1.20 bits per heavy atom. The molecule has 0 heterocycles. The Labute approximate surface area is 90.9 Å². The summed E-state index contributed by atoms with van der Waals surface area (Å²) in [4.78, 5) is 2.24. The third kappa shape index (κ3) is 3.29. The van der Waals surface area contributed by atoms with Crippen molar-refractivity contribution in [3.63, 3.8) is 0 Å². The van der Waals surface area contributed by atoms with Gasteiger partial charge in [0.1, 0.15) is 5.82 Å². The van der Waals surface area contributed by atoms with E-state index in [1.807, 2.05) is 0 Å². The molecule has 0 atom stereocenters. The van der Waals surface area contributed by atoms with Gasteiger partial charge in [0.2, 0.25) is 0 Å². The molecule has 15 heavy (non-hydrogen) atoms. The number of benzene rings is 1. The quantitative estimate of drug-likeness (QED) is 0.806. The van der Waals surface area contributed by atoms with Gasteiger partial charge in [0.25, 0.3) is 0 Å². The Balaban J connectivity index is 2.86. The van der Waals surface area contributed by atoms with Crippen molar-refractivity contribution < 1.29 is 4.39 Å². The molecule has 0 radical (unpaired) electrons. The zero-order valence-electron chi connectivity index (χ0n) is 9.46. The summed E-state index contributed by atoms with van der Waals surface area (Å²) in [6, 6.07) is 4.82. The maximum atomic E-state index is 13.1. The molecule has 0 bridgehead atoms. The third-order valence-corrected chi connectivity index (χ3v) is 2.68. The molecule has 0 aliphatic carbocycles. The van der Waals surface area contributed by atoms with Crippen molar-refractivity contribution >= 4 is 0 Å². The molecular formula is C12H19FN2. The van der Waals surface area contributed by atoms with Crippen LogP contribution in [0.2, 0.25) is 0 Å². The molecule has 0 aromatic heterocycles. The van der Waals surface area contributed by atoms with Gasteiger partial charge in [-0.3, -0.25) is 4.90 Å². The summed E-state index contributed by atoms with van der Waals surface area (Å²) in [6.45, 7) is 7.39. The lowest BCUT2D eigenvalue weighted by Crippen LogP contribution is -2.23. The van der Waals surface area contributed by atoms with Gasteiger partial charge in [-0.2, -0.15) is 0 Å². The Hall–Kier alpha value is -0.930. The average Bonchev–Trinajstić information content (AvgIpc) is 2.26. The number of rotatable bonds is 5. The van der Waals surface area contributed by atoms with E-state index >= 15 is 0 Å². The highest BCUT2D eigenvalue weighted by Gasteiger charge is 2.06. The second-order valence-corrected chi connectivity index (χ2v) is 3.58. The monoisotopic (exact) mass is 210 g/mol. The van der Waals surface area contributed by atoms with Crippen LogP contribution in [0.25, 0.3) is 0 Å². The van der Waals surface area contributed by atoms with Crippen molar-refractivity contribution in [1.29, 1.82) is 0 Å². The first kappa shape index (κ1) is 12.1. The maximum Gasteiger partial charge on any atom is 0.123 e. The maximum absolute atomic E-state index is 13.1. The van der Waals surface area contributed by atoms with Gasteiger partial charge in [0, 0.05) is 13.1 Å². The summed E-state index contributed by atoms with van der Waals surface area (Å²) in [6.07, 6.45) is 0. The van der Waals surface area contributed by atoms with E-state index in [0.717, 1.165) is 30.8 Å². The molecule has 0 fully saturated rings. The van der Waals surface area contributed by atoms with Crippen LogP contribution in [0.15, 0.2) is 18.2 Å². The van der Waals surface area contributed by atoms with E-state index in [0.29, 0.717) is 6.54 Å². The topological polar surface area (TPSA) is 29.3 Å². The van der Waals surface area contributed by atoms with E-state index in [2.05, 4.69) is 18.7 Å². The second kappa shape index (κ2) is 5.83. The van der Waals surface area contributed by atoms with E-state index in [4.69, 9.17) is 5.73 Å². The summed E-state index contributed by atoms with van der Waals surface area (Å²) in [5, 5.41) is 0. The highest BCUT2D eigenvalue weighted by atomic mass is 19.1. The Kier molecular flexibility index (Phi) is 4.72. The molecule has 2 N–H and O–H groups in total. The van der Waals surface area contributed by atoms with Crippen LogP contribution < -0.4 is 5.73 Å². The highest BCUT2D eigenvalue weighted by molar-refractivity contribution is 5.27. The van der Waals surface area contributed by atoms with Crippen LogP contribution in [-0.4, -0.2) is 18.0 Å². The SMILES string of the molecule is CCN(CC)Cc1cc(F)ccc1CN. The van der Waals surface area contributed by atoms with Gasteiger partial charge in [-0.1, -0.05) is 19.9 Å². The van der Waals surface area contributed by atoms with Gasteiger partial charge in [-0.05, 0) is 36.3 Å². The lowest BCUT2D eigenvalue weighted by Gasteiger charge is -2.19. The summed E-state index contributed by atoms with van der Waals surface area (Å²) < 4.78 is 13.1. The van der Waals surface area contributed by atoms with Crippen LogP contribution in [0.1, 0.15) is 25.0 Å². The minimum Gasteiger partial charge on any atom is -0.326 e. The Bertz CT molecular complexity index is 308. The van der Waals surface area contributed by atoms with E-state index in [9.17, 15) is 4.39 Å². The van der Waals surface area contributed by atoms with Crippen molar-refractivity contribution in [2.24, 2.45) is 5.73 Å². The second-order valence-electron chi connectivity index (χ2n) is 3.58. The van der Waals surface area contributed by atoms with Gasteiger partial charge < -0.3 is 5.73 Å². The molecule has 1 aromatic carbocycles. The zero-order chi connectivity index (χ0) is 11.3. The highest BCUT2D eigenvalue weighted by Crippen LogP contribution is 2.13. The van der Waals surface area contributed by atoms with E-state index in [1.54, 1.807) is 12.1 Å². The molecule has 1 aromatic rings. The molecule has 3 heteroatoms. The normalized spacial score (nSPS) is 11.0. The lowest BCUT2D eigenvalue weighted by molar-refractivity contribution is 0.294. The van der Waals surface area contributed by atoms with Gasteiger partial charge in [-0.25, -0.2) is 4.39 Å². The first-order chi connectivity index (χ1) is 7.21. The van der Waals surface area contributed by atoms with Crippen LogP contribution >= 0.6 is 0 Å². The van der Waals surface area contributed by atoms with Crippen LogP contribution in [0, 0.1) is 5.82 Å². The van der Waals surface area contributed by atoms with Crippen molar-refractivity contribution in [2.45, 2.75) is 26.9 Å². The van der Waals surface area contributed by atoms with Gasteiger partial charge in [0.15, 0.2) is 0 Å². The Morgan fingerprint density at radius 2 is 1.87 bits per heavy atom. The summed E-state index contributed by atoms with van der Waals surface area (Å²) in [5.74, 6) is -0.186. The van der Waals surface area contributed by atoms with Crippen LogP contribution in [0.5, 0.6) is 0 Å². The predicted molar refractivity (Wildman–Crippen MR) is 60.9 cm³/mol. The predicted octanol–water partition coefficient (Wildman–Crippen LogP) is 2.13. The molecule has 1 rings (SSSR count). The largest absolute Gasteiger partial charge is 0.326 e. The fourth-order valence-corrected chi connectivity index (χ4v) is 1.63. The van der Waals surface area contributed by atoms with Gasteiger partial charge >= 0.3 is 0 Å². The molecule has 0 aliphatic heterocycles. The van der Waals surface area contributed by atoms with Crippen molar-refractivity contribution in [3.8, 4) is 0 Å². The minimum absolute atomic E-state index is 0.186. The van der Waals surface area contributed by atoms with Crippen molar-refractivity contribution in [1.82, 2.24) is 4.90 Å². The lowest BCUT2D eigenvalue weighted by atomic mass is 10.1. The fraction of sp³-hybridized carbons (Fsp3) is 0.500. The fourth-order valence-electron chi connectivity index (χ4n) is 1.63.